The summed E-state index contributed by atoms with van der Waals surface area (Å²) in [6.07, 6.45) is 2.13. The van der Waals surface area contributed by atoms with Crippen LogP contribution in [0.4, 0.5) is 0 Å². The van der Waals surface area contributed by atoms with Gasteiger partial charge in [-0.05, 0) is 65.1 Å². The van der Waals surface area contributed by atoms with Crippen molar-refractivity contribution in [3.8, 4) is 0 Å². The summed E-state index contributed by atoms with van der Waals surface area (Å²) in [5, 5.41) is 10.5. The molecule has 0 radical (unpaired) electrons. The Morgan fingerprint density at radius 1 is 0.808 bits per heavy atom. The average molecular weight is 354 g/mol. The number of hydrogen-bond acceptors (Lipinski definition) is 2. The van der Waals surface area contributed by atoms with E-state index in [0.717, 1.165) is 24.6 Å². The molecule has 0 aliphatic carbocycles. The molecule has 0 bridgehead atoms. The lowest BCUT2D eigenvalue weighted by Gasteiger charge is -2.37. The summed E-state index contributed by atoms with van der Waals surface area (Å²) >= 11 is 0. The van der Waals surface area contributed by atoms with E-state index in [4.69, 9.17) is 0 Å². The number of piperidine rings is 1. The Balaban J connectivity index is 0.000000254. The highest BCUT2D eigenvalue weighted by Crippen LogP contribution is 2.25. The number of aryl methyl sites for hydroxylation is 3. The van der Waals surface area contributed by atoms with E-state index in [-0.39, 0.29) is 12.1 Å². The van der Waals surface area contributed by atoms with E-state index in [1.807, 2.05) is 12.1 Å². The fourth-order valence-corrected chi connectivity index (χ4v) is 3.31. The first-order chi connectivity index (χ1) is 12.4. The Morgan fingerprint density at radius 2 is 1.19 bits per heavy atom. The summed E-state index contributed by atoms with van der Waals surface area (Å²) in [5.41, 5.74) is 4.93. The first-order valence-electron chi connectivity index (χ1n) is 9.88. The largest absolute Gasteiger partial charge is 0.387 e. The molecular weight excluding hydrogens is 318 g/mol. The van der Waals surface area contributed by atoms with Gasteiger partial charge < -0.3 is 5.11 Å². The monoisotopic (exact) mass is 353 g/mol. The molecule has 2 heteroatoms. The molecule has 1 N–H and O–H groups in total. The molecule has 26 heavy (non-hydrogen) atoms. The Bertz CT molecular complexity index is 618. The van der Waals surface area contributed by atoms with Crippen LogP contribution in [-0.4, -0.2) is 29.1 Å². The number of rotatable bonds is 3. The standard InChI is InChI=1S/C16H25NO.C8H10/c1-12-4-6-15(7-5-12)16(18)14(3)17-10-8-13(2)9-11-17;1-7-3-5-8(2)6-4-7/h4-7,13-14,16,18H,8-11H2,1-3H3;3-6H,1-2H3. The van der Waals surface area contributed by atoms with Crippen LogP contribution in [0.5, 0.6) is 0 Å². The van der Waals surface area contributed by atoms with Gasteiger partial charge in [0.25, 0.3) is 0 Å². The summed E-state index contributed by atoms with van der Waals surface area (Å²) in [7, 11) is 0. The highest BCUT2D eigenvalue weighted by Gasteiger charge is 2.26. The Hall–Kier alpha value is -1.64. The quantitative estimate of drug-likeness (QED) is 0.793. The van der Waals surface area contributed by atoms with Crippen LogP contribution in [0.15, 0.2) is 48.5 Å². The molecule has 2 aromatic rings. The Kier molecular flexibility index (Phi) is 7.86. The predicted octanol–water partition coefficient (Wildman–Crippen LogP) is 5.45. The van der Waals surface area contributed by atoms with Crippen molar-refractivity contribution in [2.45, 2.75) is 59.6 Å². The minimum Gasteiger partial charge on any atom is -0.387 e. The molecule has 1 fully saturated rings. The molecule has 2 atom stereocenters. The second-order valence-electron chi connectivity index (χ2n) is 7.97. The SMILES string of the molecule is Cc1ccc(C(O)C(C)N2CCC(C)CC2)cc1.Cc1ccc(C)cc1. The van der Waals surface area contributed by atoms with Gasteiger partial charge in [0, 0.05) is 6.04 Å². The number of aliphatic hydroxyl groups is 1. The number of hydrogen-bond donors (Lipinski definition) is 1. The zero-order chi connectivity index (χ0) is 19.1. The van der Waals surface area contributed by atoms with Crippen molar-refractivity contribution < 1.29 is 5.11 Å². The molecule has 142 valence electrons. The molecular formula is C24H35NO. The van der Waals surface area contributed by atoms with E-state index in [0.29, 0.717) is 0 Å². The van der Waals surface area contributed by atoms with Crippen LogP contribution < -0.4 is 0 Å². The highest BCUT2D eigenvalue weighted by molar-refractivity contribution is 5.24. The van der Waals surface area contributed by atoms with Crippen molar-refractivity contribution in [2.24, 2.45) is 5.92 Å². The fourth-order valence-electron chi connectivity index (χ4n) is 3.31. The normalized spacial score (nSPS) is 17.9. The first-order valence-corrected chi connectivity index (χ1v) is 9.88. The van der Waals surface area contributed by atoms with Crippen LogP contribution in [0.2, 0.25) is 0 Å². The molecule has 0 aromatic heterocycles. The minimum atomic E-state index is -0.376. The van der Waals surface area contributed by atoms with E-state index in [1.165, 1.54) is 29.5 Å². The lowest BCUT2D eigenvalue weighted by atomic mass is 9.95. The van der Waals surface area contributed by atoms with Gasteiger partial charge in [-0.2, -0.15) is 0 Å². The van der Waals surface area contributed by atoms with E-state index >= 15 is 0 Å². The summed E-state index contributed by atoms with van der Waals surface area (Å²) in [4.78, 5) is 2.42. The molecule has 2 nitrogen and oxygen atoms in total. The Labute approximate surface area is 159 Å². The zero-order valence-electron chi connectivity index (χ0n) is 17.1. The van der Waals surface area contributed by atoms with Crippen LogP contribution in [-0.2, 0) is 0 Å². The topological polar surface area (TPSA) is 23.5 Å². The van der Waals surface area contributed by atoms with Crippen molar-refractivity contribution in [1.29, 1.82) is 0 Å². The third kappa shape index (κ3) is 6.26. The number of nitrogens with zero attached hydrogens (tertiary/aromatic N) is 1. The summed E-state index contributed by atoms with van der Waals surface area (Å²) in [6.45, 7) is 13.0. The third-order valence-electron chi connectivity index (χ3n) is 5.49. The lowest BCUT2D eigenvalue weighted by molar-refractivity contribution is 0.0390. The van der Waals surface area contributed by atoms with Gasteiger partial charge in [0.05, 0.1) is 6.10 Å². The van der Waals surface area contributed by atoms with Crippen LogP contribution >= 0.6 is 0 Å². The van der Waals surface area contributed by atoms with Crippen molar-refractivity contribution in [1.82, 2.24) is 4.90 Å². The van der Waals surface area contributed by atoms with Crippen molar-refractivity contribution in [2.75, 3.05) is 13.1 Å². The van der Waals surface area contributed by atoms with Gasteiger partial charge in [-0.15, -0.1) is 0 Å². The van der Waals surface area contributed by atoms with E-state index in [9.17, 15) is 5.11 Å². The molecule has 1 saturated heterocycles. The lowest BCUT2D eigenvalue weighted by Crippen LogP contribution is -2.42. The molecule has 0 spiro atoms. The van der Waals surface area contributed by atoms with Crippen LogP contribution in [0.3, 0.4) is 0 Å². The van der Waals surface area contributed by atoms with Crippen LogP contribution in [0.1, 0.15) is 55.0 Å². The van der Waals surface area contributed by atoms with Gasteiger partial charge in [-0.25, -0.2) is 0 Å². The van der Waals surface area contributed by atoms with Crippen molar-refractivity contribution >= 4 is 0 Å². The fraction of sp³-hybridized carbons (Fsp3) is 0.500. The maximum Gasteiger partial charge on any atom is 0.0942 e. The minimum absolute atomic E-state index is 0.209. The predicted molar refractivity (Wildman–Crippen MR) is 111 cm³/mol. The first kappa shape index (κ1) is 20.7. The third-order valence-corrected chi connectivity index (χ3v) is 5.49. The molecule has 0 saturated carbocycles. The highest BCUT2D eigenvalue weighted by atomic mass is 16.3. The van der Waals surface area contributed by atoms with Gasteiger partial charge in [0.2, 0.25) is 0 Å². The van der Waals surface area contributed by atoms with Crippen LogP contribution in [0, 0.1) is 26.7 Å². The molecule has 1 heterocycles. The van der Waals surface area contributed by atoms with E-state index in [2.05, 4.69) is 75.9 Å². The van der Waals surface area contributed by atoms with Crippen LogP contribution in [0.25, 0.3) is 0 Å². The summed E-state index contributed by atoms with van der Waals surface area (Å²) in [5.74, 6) is 0.838. The molecule has 2 aromatic carbocycles. The van der Waals surface area contributed by atoms with Crippen molar-refractivity contribution in [3.63, 3.8) is 0 Å². The average Bonchev–Trinajstić information content (AvgIpc) is 2.65. The number of benzene rings is 2. The number of likely N-dealkylation sites (tertiary alicyclic amines) is 1. The van der Waals surface area contributed by atoms with Gasteiger partial charge in [0.15, 0.2) is 0 Å². The van der Waals surface area contributed by atoms with Crippen molar-refractivity contribution in [3.05, 3.63) is 70.8 Å². The number of aliphatic hydroxyl groups excluding tert-OH is 1. The second-order valence-corrected chi connectivity index (χ2v) is 7.97. The van der Waals surface area contributed by atoms with Gasteiger partial charge in [-0.3, -0.25) is 4.90 Å². The van der Waals surface area contributed by atoms with E-state index < -0.39 is 0 Å². The second kappa shape index (κ2) is 9.89. The molecule has 0 amide bonds. The van der Waals surface area contributed by atoms with Gasteiger partial charge in [0.1, 0.15) is 0 Å². The molecule has 3 rings (SSSR count). The molecule has 2 unspecified atom stereocenters. The maximum absolute atomic E-state index is 10.5. The zero-order valence-corrected chi connectivity index (χ0v) is 17.1. The summed E-state index contributed by atoms with van der Waals surface area (Å²) < 4.78 is 0. The molecule has 1 aliphatic rings. The van der Waals surface area contributed by atoms with Gasteiger partial charge >= 0.3 is 0 Å². The maximum atomic E-state index is 10.5. The summed E-state index contributed by atoms with van der Waals surface area (Å²) in [6, 6.07) is 16.9. The van der Waals surface area contributed by atoms with Gasteiger partial charge in [-0.1, -0.05) is 72.1 Å². The van der Waals surface area contributed by atoms with E-state index in [1.54, 1.807) is 0 Å². The Morgan fingerprint density at radius 3 is 1.62 bits per heavy atom. The molecule has 1 aliphatic heterocycles. The smallest absolute Gasteiger partial charge is 0.0942 e.